The van der Waals surface area contributed by atoms with E-state index in [-0.39, 0.29) is 11.6 Å². The fraction of sp³-hybridized carbons (Fsp3) is 0.0909. The zero-order chi connectivity index (χ0) is 11.5. The molecule has 0 saturated heterocycles. The molecular formula is C11H9FN2O2. The molecule has 2 rings (SSSR count). The number of carbonyl (C=O) groups is 1. The molecule has 0 aliphatic carbocycles. The molecule has 5 heteroatoms. The van der Waals surface area contributed by atoms with Crippen LogP contribution in [-0.4, -0.2) is 15.5 Å². The number of nitrogens with zero attached hydrogens (tertiary/aromatic N) is 2. The molecule has 1 heterocycles. The molecule has 0 aliphatic heterocycles. The van der Waals surface area contributed by atoms with Gasteiger partial charge < -0.3 is 9.30 Å². The zero-order valence-electron chi connectivity index (χ0n) is 8.55. The predicted octanol–water partition coefficient (Wildman–Crippen LogP) is 1.78. The molecule has 0 radical (unpaired) electrons. The smallest absolute Gasteiger partial charge is 0.380 e. The normalized spacial score (nSPS) is 10.1. The van der Waals surface area contributed by atoms with Crippen molar-refractivity contribution in [1.29, 1.82) is 0 Å². The molecule has 0 aliphatic rings. The minimum atomic E-state index is -0.683. The summed E-state index contributed by atoms with van der Waals surface area (Å²) < 4.78 is 19.6. The number of hydrogen-bond acceptors (Lipinski definition) is 3. The van der Waals surface area contributed by atoms with E-state index in [0.29, 0.717) is 0 Å². The van der Waals surface area contributed by atoms with Gasteiger partial charge in [0.1, 0.15) is 0 Å². The Morgan fingerprint density at radius 1 is 1.44 bits per heavy atom. The fourth-order valence-electron chi connectivity index (χ4n) is 1.24. The molecule has 16 heavy (non-hydrogen) atoms. The number of carbonyl (C=O) groups excluding carboxylic acids is 1. The number of benzene rings is 1. The summed E-state index contributed by atoms with van der Waals surface area (Å²) in [5.41, 5.74) is 0. The van der Waals surface area contributed by atoms with Gasteiger partial charge in [-0.1, -0.05) is 12.1 Å². The first-order chi connectivity index (χ1) is 7.68. The molecule has 0 spiro atoms. The van der Waals surface area contributed by atoms with E-state index in [9.17, 15) is 9.18 Å². The number of rotatable bonds is 2. The van der Waals surface area contributed by atoms with Gasteiger partial charge >= 0.3 is 5.97 Å². The van der Waals surface area contributed by atoms with E-state index in [2.05, 4.69) is 4.98 Å². The maximum Gasteiger partial charge on any atom is 0.380 e. The highest BCUT2D eigenvalue weighted by atomic mass is 19.1. The van der Waals surface area contributed by atoms with E-state index in [1.165, 1.54) is 29.0 Å². The summed E-state index contributed by atoms with van der Waals surface area (Å²) >= 11 is 0. The first-order valence-corrected chi connectivity index (χ1v) is 4.62. The zero-order valence-corrected chi connectivity index (χ0v) is 8.55. The largest absolute Gasteiger partial charge is 0.418 e. The van der Waals surface area contributed by atoms with Crippen molar-refractivity contribution in [2.24, 2.45) is 7.05 Å². The Bertz CT molecular complexity index is 522. The summed E-state index contributed by atoms with van der Waals surface area (Å²) in [5, 5.41) is 0. The third-order valence-electron chi connectivity index (χ3n) is 2.04. The SMILES string of the molecule is Cn1ccnc1C(=O)Oc1ccccc1F. The second-order valence-corrected chi connectivity index (χ2v) is 3.18. The lowest BCUT2D eigenvalue weighted by atomic mass is 10.3. The number of halogens is 1. The lowest BCUT2D eigenvalue weighted by Gasteiger charge is -2.04. The maximum absolute atomic E-state index is 13.2. The van der Waals surface area contributed by atoms with Gasteiger partial charge in [0.25, 0.3) is 0 Å². The molecule has 0 fully saturated rings. The lowest BCUT2D eigenvalue weighted by Crippen LogP contribution is -2.14. The average Bonchev–Trinajstić information content (AvgIpc) is 2.68. The van der Waals surface area contributed by atoms with Crippen LogP contribution >= 0.6 is 0 Å². The highest BCUT2D eigenvalue weighted by molar-refractivity contribution is 5.87. The molecule has 0 bridgehead atoms. The fourth-order valence-corrected chi connectivity index (χ4v) is 1.24. The number of imidazole rings is 1. The Balaban J connectivity index is 2.21. The second-order valence-electron chi connectivity index (χ2n) is 3.18. The predicted molar refractivity (Wildman–Crippen MR) is 54.6 cm³/mol. The third kappa shape index (κ3) is 1.93. The molecule has 1 aromatic heterocycles. The van der Waals surface area contributed by atoms with Gasteiger partial charge in [0.05, 0.1) is 0 Å². The molecular weight excluding hydrogens is 211 g/mol. The molecule has 4 nitrogen and oxygen atoms in total. The minimum Gasteiger partial charge on any atom is -0.418 e. The monoisotopic (exact) mass is 220 g/mol. The van der Waals surface area contributed by atoms with Crippen LogP contribution in [0.1, 0.15) is 10.6 Å². The number of para-hydroxylation sites is 1. The summed E-state index contributed by atoms with van der Waals surface area (Å²) in [6, 6.07) is 5.72. The number of esters is 1. The molecule has 0 saturated carbocycles. The van der Waals surface area contributed by atoms with Crippen molar-refractivity contribution in [2.45, 2.75) is 0 Å². The molecule has 1 aromatic carbocycles. The van der Waals surface area contributed by atoms with Gasteiger partial charge in [-0.15, -0.1) is 0 Å². The Morgan fingerprint density at radius 2 is 2.19 bits per heavy atom. The molecule has 82 valence electrons. The van der Waals surface area contributed by atoms with Gasteiger partial charge in [0.15, 0.2) is 11.6 Å². The van der Waals surface area contributed by atoms with E-state index < -0.39 is 11.8 Å². The third-order valence-corrected chi connectivity index (χ3v) is 2.04. The first kappa shape index (κ1) is 10.4. The lowest BCUT2D eigenvalue weighted by molar-refractivity contribution is 0.0711. The quantitative estimate of drug-likeness (QED) is 0.572. The Hall–Kier alpha value is -2.17. The van der Waals surface area contributed by atoms with Crippen LogP contribution in [0.2, 0.25) is 0 Å². The van der Waals surface area contributed by atoms with Crippen LogP contribution in [0.4, 0.5) is 4.39 Å². The average molecular weight is 220 g/mol. The Kier molecular flexibility index (Phi) is 2.68. The van der Waals surface area contributed by atoms with Crippen molar-refractivity contribution in [2.75, 3.05) is 0 Å². The van der Waals surface area contributed by atoms with Crippen molar-refractivity contribution < 1.29 is 13.9 Å². The standard InChI is InChI=1S/C11H9FN2O2/c1-14-7-6-13-10(14)11(15)16-9-5-3-2-4-8(9)12/h2-7H,1H3. The van der Waals surface area contributed by atoms with E-state index >= 15 is 0 Å². The summed E-state index contributed by atoms with van der Waals surface area (Å²) in [4.78, 5) is 15.4. The molecule has 2 aromatic rings. The van der Waals surface area contributed by atoms with Crippen LogP contribution in [0.5, 0.6) is 5.75 Å². The van der Waals surface area contributed by atoms with Crippen LogP contribution in [0.15, 0.2) is 36.7 Å². The first-order valence-electron chi connectivity index (χ1n) is 4.62. The van der Waals surface area contributed by atoms with Gasteiger partial charge in [-0.25, -0.2) is 14.2 Å². The summed E-state index contributed by atoms with van der Waals surface area (Å²) in [5.74, 6) is -1.23. The van der Waals surface area contributed by atoms with Gasteiger partial charge in [0.2, 0.25) is 5.82 Å². The Labute approximate surface area is 91.3 Å². The highest BCUT2D eigenvalue weighted by Gasteiger charge is 2.15. The van der Waals surface area contributed by atoms with E-state index in [1.807, 2.05) is 0 Å². The van der Waals surface area contributed by atoms with Crippen LogP contribution in [-0.2, 0) is 7.05 Å². The van der Waals surface area contributed by atoms with E-state index in [1.54, 1.807) is 19.3 Å². The number of ether oxygens (including phenoxy) is 1. The molecule has 0 amide bonds. The van der Waals surface area contributed by atoms with Crippen LogP contribution in [0.3, 0.4) is 0 Å². The van der Waals surface area contributed by atoms with Crippen LogP contribution < -0.4 is 4.74 Å². The summed E-state index contributed by atoms with van der Waals surface area (Å²) in [7, 11) is 1.66. The summed E-state index contributed by atoms with van der Waals surface area (Å²) in [6.45, 7) is 0. The second kappa shape index (κ2) is 4.14. The van der Waals surface area contributed by atoms with Gasteiger partial charge in [0, 0.05) is 19.4 Å². The topological polar surface area (TPSA) is 44.1 Å². The molecule has 0 unspecified atom stereocenters. The van der Waals surface area contributed by atoms with Gasteiger partial charge in [-0.3, -0.25) is 0 Å². The van der Waals surface area contributed by atoms with Crippen molar-refractivity contribution in [3.8, 4) is 5.75 Å². The van der Waals surface area contributed by atoms with Gasteiger partial charge in [-0.2, -0.15) is 0 Å². The minimum absolute atomic E-state index is 0.101. The van der Waals surface area contributed by atoms with Crippen molar-refractivity contribution in [3.63, 3.8) is 0 Å². The number of hydrogen-bond donors (Lipinski definition) is 0. The van der Waals surface area contributed by atoms with Crippen molar-refractivity contribution >= 4 is 5.97 Å². The molecule has 0 atom stereocenters. The van der Waals surface area contributed by atoms with E-state index in [0.717, 1.165) is 0 Å². The van der Waals surface area contributed by atoms with Crippen LogP contribution in [0.25, 0.3) is 0 Å². The number of aromatic nitrogens is 2. The van der Waals surface area contributed by atoms with E-state index in [4.69, 9.17) is 4.74 Å². The maximum atomic E-state index is 13.2. The van der Waals surface area contributed by atoms with Crippen molar-refractivity contribution in [3.05, 3.63) is 48.3 Å². The van der Waals surface area contributed by atoms with Crippen molar-refractivity contribution in [1.82, 2.24) is 9.55 Å². The van der Waals surface area contributed by atoms with Crippen LogP contribution in [0, 0.1) is 5.82 Å². The highest BCUT2D eigenvalue weighted by Crippen LogP contribution is 2.16. The molecule has 0 N–H and O–H groups in total. The summed E-state index contributed by atoms with van der Waals surface area (Å²) in [6.07, 6.45) is 3.08. The van der Waals surface area contributed by atoms with Gasteiger partial charge in [-0.05, 0) is 12.1 Å². The Morgan fingerprint density at radius 3 is 2.81 bits per heavy atom. The number of aryl methyl sites for hydroxylation is 1.